The van der Waals surface area contributed by atoms with Gasteiger partial charge in [0.05, 0.1) is 6.10 Å². The van der Waals surface area contributed by atoms with Gasteiger partial charge in [0.1, 0.15) is 5.82 Å². The van der Waals surface area contributed by atoms with Gasteiger partial charge in [-0.15, -0.1) is 0 Å². The fourth-order valence-electron chi connectivity index (χ4n) is 3.34. The lowest BCUT2D eigenvalue weighted by atomic mass is 9.57. The fraction of sp³-hybridized carbons (Fsp3) is 0.571. The van der Waals surface area contributed by atoms with Crippen molar-refractivity contribution in [3.63, 3.8) is 0 Å². The van der Waals surface area contributed by atoms with E-state index in [0.29, 0.717) is 18.1 Å². The van der Waals surface area contributed by atoms with Crippen LogP contribution < -0.4 is 5.32 Å². The zero-order valence-electron chi connectivity index (χ0n) is 10.2. The Bertz CT molecular complexity index is 415. The molecular formula is C14H18FNO. The van der Waals surface area contributed by atoms with Gasteiger partial charge in [-0.05, 0) is 30.7 Å². The molecule has 0 spiro atoms. The lowest BCUT2D eigenvalue weighted by Gasteiger charge is -2.55. The first kappa shape index (κ1) is 11.0. The van der Waals surface area contributed by atoms with E-state index in [4.69, 9.17) is 4.74 Å². The van der Waals surface area contributed by atoms with E-state index in [2.05, 4.69) is 19.2 Å². The van der Waals surface area contributed by atoms with Crippen molar-refractivity contribution in [2.45, 2.75) is 32.4 Å². The fourth-order valence-corrected chi connectivity index (χ4v) is 3.34. The molecule has 0 aromatic heterocycles. The molecule has 1 saturated carbocycles. The number of ether oxygens (including phenoxy) is 1. The van der Waals surface area contributed by atoms with Crippen molar-refractivity contribution in [3.05, 3.63) is 30.1 Å². The number of nitrogens with one attached hydrogen (secondary N) is 1. The molecule has 92 valence electrons. The minimum atomic E-state index is -0.189. The van der Waals surface area contributed by atoms with Crippen LogP contribution in [0.3, 0.4) is 0 Å². The van der Waals surface area contributed by atoms with E-state index < -0.39 is 0 Å². The first-order chi connectivity index (χ1) is 8.09. The number of rotatable bonds is 2. The summed E-state index contributed by atoms with van der Waals surface area (Å²) in [4.78, 5) is 0. The first-order valence-corrected chi connectivity index (χ1v) is 6.23. The highest BCUT2D eigenvalue weighted by molar-refractivity contribution is 5.46. The van der Waals surface area contributed by atoms with Crippen LogP contribution in [0.1, 0.15) is 20.3 Å². The summed E-state index contributed by atoms with van der Waals surface area (Å²) in [7, 11) is 0. The maximum atomic E-state index is 12.8. The Balaban J connectivity index is 1.75. The molecular weight excluding hydrogens is 217 g/mol. The smallest absolute Gasteiger partial charge is 0.123 e. The number of anilines is 1. The van der Waals surface area contributed by atoms with Crippen LogP contribution in [0.5, 0.6) is 0 Å². The normalized spacial score (nSPS) is 33.9. The van der Waals surface area contributed by atoms with Crippen LogP contribution in [0.2, 0.25) is 0 Å². The van der Waals surface area contributed by atoms with Gasteiger partial charge in [0.2, 0.25) is 0 Å². The molecule has 17 heavy (non-hydrogen) atoms. The van der Waals surface area contributed by atoms with E-state index in [9.17, 15) is 4.39 Å². The van der Waals surface area contributed by atoms with Gasteiger partial charge in [0.25, 0.3) is 0 Å². The van der Waals surface area contributed by atoms with Gasteiger partial charge in [0, 0.05) is 29.7 Å². The summed E-state index contributed by atoms with van der Waals surface area (Å²) in [6.07, 6.45) is 1.52. The highest BCUT2D eigenvalue weighted by atomic mass is 19.1. The van der Waals surface area contributed by atoms with Crippen molar-refractivity contribution in [3.8, 4) is 0 Å². The summed E-state index contributed by atoms with van der Waals surface area (Å²) in [5, 5.41) is 3.52. The Hall–Kier alpha value is -1.09. The van der Waals surface area contributed by atoms with Crippen molar-refractivity contribution in [1.82, 2.24) is 0 Å². The highest BCUT2D eigenvalue weighted by Crippen LogP contribution is 2.53. The van der Waals surface area contributed by atoms with E-state index in [0.717, 1.165) is 18.7 Å². The predicted molar refractivity (Wildman–Crippen MR) is 65.4 cm³/mol. The van der Waals surface area contributed by atoms with Crippen molar-refractivity contribution >= 4 is 5.69 Å². The van der Waals surface area contributed by atoms with E-state index in [1.807, 2.05) is 0 Å². The van der Waals surface area contributed by atoms with Gasteiger partial charge in [0.15, 0.2) is 0 Å². The van der Waals surface area contributed by atoms with E-state index in [1.165, 1.54) is 12.1 Å². The lowest BCUT2D eigenvalue weighted by molar-refractivity contribution is -0.0923. The molecule has 3 heteroatoms. The predicted octanol–water partition coefficient (Wildman–Crippen LogP) is 3.05. The standard InChI is InChI=1S/C14H18FNO/c1-14(2)12(11-7-8-17-13(11)14)16-10-5-3-9(15)4-6-10/h3-6,11-13,16H,7-8H2,1-2H3. The van der Waals surface area contributed by atoms with Crippen molar-refractivity contribution in [1.29, 1.82) is 0 Å². The monoisotopic (exact) mass is 235 g/mol. The molecule has 0 radical (unpaired) electrons. The van der Waals surface area contributed by atoms with Gasteiger partial charge in [-0.25, -0.2) is 4.39 Å². The summed E-state index contributed by atoms with van der Waals surface area (Å²) in [5.41, 5.74) is 1.16. The molecule has 1 aliphatic heterocycles. The van der Waals surface area contributed by atoms with Gasteiger partial charge in [-0.1, -0.05) is 13.8 Å². The highest BCUT2D eigenvalue weighted by Gasteiger charge is 2.59. The Morgan fingerprint density at radius 2 is 2.00 bits per heavy atom. The number of hydrogen-bond donors (Lipinski definition) is 1. The minimum absolute atomic E-state index is 0.162. The SMILES string of the molecule is CC1(C)C(Nc2ccc(F)cc2)C2CCOC21. The van der Waals surface area contributed by atoms with Crippen LogP contribution in [-0.4, -0.2) is 18.8 Å². The molecule has 1 saturated heterocycles. The maximum absolute atomic E-state index is 12.8. The molecule has 0 bridgehead atoms. The summed E-state index contributed by atoms with van der Waals surface area (Å²) < 4.78 is 18.6. The molecule has 2 fully saturated rings. The number of halogens is 1. The van der Waals surface area contributed by atoms with Crippen LogP contribution in [0.15, 0.2) is 24.3 Å². The average molecular weight is 235 g/mol. The van der Waals surface area contributed by atoms with Gasteiger partial charge >= 0.3 is 0 Å². The second-order valence-corrected chi connectivity index (χ2v) is 5.69. The van der Waals surface area contributed by atoms with Gasteiger partial charge in [-0.2, -0.15) is 0 Å². The average Bonchev–Trinajstić information content (AvgIpc) is 2.75. The second kappa shape index (κ2) is 3.70. The molecule has 1 heterocycles. The maximum Gasteiger partial charge on any atom is 0.123 e. The molecule has 3 unspecified atom stereocenters. The minimum Gasteiger partial charge on any atom is -0.381 e. The zero-order valence-corrected chi connectivity index (χ0v) is 10.2. The second-order valence-electron chi connectivity index (χ2n) is 5.69. The molecule has 3 rings (SSSR count). The summed E-state index contributed by atoms with van der Waals surface area (Å²) in [6, 6.07) is 7.02. The first-order valence-electron chi connectivity index (χ1n) is 6.23. The Kier molecular flexibility index (Phi) is 2.40. The van der Waals surface area contributed by atoms with E-state index in [1.54, 1.807) is 12.1 Å². The van der Waals surface area contributed by atoms with E-state index >= 15 is 0 Å². The third-order valence-electron chi connectivity index (χ3n) is 4.27. The zero-order chi connectivity index (χ0) is 12.0. The molecule has 0 amide bonds. The Morgan fingerprint density at radius 1 is 1.29 bits per heavy atom. The molecule has 2 aliphatic rings. The van der Waals surface area contributed by atoms with Crippen molar-refractivity contribution in [2.75, 3.05) is 11.9 Å². The third kappa shape index (κ3) is 1.64. The van der Waals surface area contributed by atoms with Gasteiger partial charge in [-0.3, -0.25) is 0 Å². The lowest BCUT2D eigenvalue weighted by Crippen LogP contribution is -2.63. The van der Waals surface area contributed by atoms with Crippen LogP contribution in [0, 0.1) is 17.2 Å². The quantitative estimate of drug-likeness (QED) is 0.850. The van der Waals surface area contributed by atoms with E-state index in [-0.39, 0.29) is 11.2 Å². The largest absolute Gasteiger partial charge is 0.381 e. The summed E-state index contributed by atoms with van der Waals surface area (Å²) >= 11 is 0. The topological polar surface area (TPSA) is 21.3 Å². The summed E-state index contributed by atoms with van der Waals surface area (Å²) in [6.45, 7) is 5.35. The molecule has 2 nitrogen and oxygen atoms in total. The molecule has 1 aromatic carbocycles. The van der Waals surface area contributed by atoms with Crippen LogP contribution in [0.4, 0.5) is 10.1 Å². The number of hydrogen-bond acceptors (Lipinski definition) is 2. The number of benzene rings is 1. The molecule has 3 atom stereocenters. The Labute approximate surface area is 101 Å². The molecule has 1 N–H and O–H groups in total. The van der Waals surface area contributed by atoms with Crippen molar-refractivity contribution in [2.24, 2.45) is 11.3 Å². The molecule has 1 aliphatic carbocycles. The van der Waals surface area contributed by atoms with Crippen LogP contribution in [-0.2, 0) is 4.74 Å². The Morgan fingerprint density at radius 3 is 2.71 bits per heavy atom. The third-order valence-corrected chi connectivity index (χ3v) is 4.27. The van der Waals surface area contributed by atoms with Crippen LogP contribution in [0.25, 0.3) is 0 Å². The molecule has 1 aromatic rings. The van der Waals surface area contributed by atoms with Crippen molar-refractivity contribution < 1.29 is 9.13 Å². The number of fused-ring (bicyclic) bond motifs is 1. The van der Waals surface area contributed by atoms with Gasteiger partial charge < -0.3 is 10.1 Å². The summed E-state index contributed by atoms with van der Waals surface area (Å²) in [5.74, 6) is 0.417. The van der Waals surface area contributed by atoms with Crippen LogP contribution >= 0.6 is 0 Å².